The van der Waals surface area contributed by atoms with Gasteiger partial charge in [0.15, 0.2) is 11.5 Å². The second-order valence-corrected chi connectivity index (χ2v) is 6.22. The minimum Gasteiger partial charge on any atom is -0.490 e. The van der Waals surface area contributed by atoms with E-state index in [0.717, 1.165) is 35.0 Å². The Bertz CT molecular complexity index is 521. The van der Waals surface area contributed by atoms with E-state index in [4.69, 9.17) is 9.47 Å². The first-order valence-corrected chi connectivity index (χ1v) is 8.45. The normalized spacial score (nSPS) is 15.2. The van der Waals surface area contributed by atoms with Crippen molar-refractivity contribution in [2.24, 2.45) is 0 Å². The minimum atomic E-state index is -0.804. The van der Waals surface area contributed by atoms with Gasteiger partial charge in [0.2, 0.25) is 0 Å². The molecule has 1 aliphatic heterocycles. The van der Waals surface area contributed by atoms with E-state index in [2.05, 4.69) is 28.2 Å². The molecule has 1 aromatic rings. The van der Waals surface area contributed by atoms with Gasteiger partial charge in [-0.25, -0.2) is 0 Å². The van der Waals surface area contributed by atoms with Crippen LogP contribution in [0, 0.1) is 0 Å². The molecule has 0 aliphatic carbocycles. The highest BCUT2D eigenvalue weighted by atomic mass is 79.9. The number of nitrogens with one attached hydrogen (secondary N) is 1. The summed E-state index contributed by atoms with van der Waals surface area (Å²) in [5.41, 5.74) is 0.971. The molecule has 5 nitrogen and oxygen atoms in total. The molecule has 1 aromatic carbocycles. The molecule has 0 aromatic heterocycles. The fourth-order valence-electron chi connectivity index (χ4n) is 2.35. The number of aliphatic carboxylic acids is 1. The lowest BCUT2D eigenvalue weighted by atomic mass is 10.1. The number of hydrogen-bond donors (Lipinski definition) is 2. The minimum absolute atomic E-state index is 0.482. The van der Waals surface area contributed by atoms with E-state index in [9.17, 15) is 9.90 Å². The van der Waals surface area contributed by atoms with Crippen LogP contribution in [0.5, 0.6) is 11.5 Å². The van der Waals surface area contributed by atoms with Gasteiger partial charge in [0.1, 0.15) is 6.04 Å². The summed E-state index contributed by atoms with van der Waals surface area (Å²) in [5, 5.41) is 12.3. The summed E-state index contributed by atoms with van der Waals surface area (Å²) >= 11 is 3.50. The van der Waals surface area contributed by atoms with Crippen molar-refractivity contribution in [3.63, 3.8) is 0 Å². The van der Waals surface area contributed by atoms with Crippen molar-refractivity contribution in [1.29, 1.82) is 0 Å². The van der Waals surface area contributed by atoms with Gasteiger partial charge in [-0.1, -0.05) is 19.8 Å². The SMILES string of the molecule is CCCC[C@H](NCc1cc(Br)c2c(c1)OCCCO2)C(=O)O. The molecule has 6 heteroatoms. The number of carbonyl (C=O) groups is 1. The number of fused-ring (bicyclic) bond motifs is 1. The van der Waals surface area contributed by atoms with Crippen LogP contribution in [0.1, 0.15) is 38.2 Å². The Labute approximate surface area is 139 Å². The van der Waals surface area contributed by atoms with E-state index in [0.29, 0.717) is 31.9 Å². The van der Waals surface area contributed by atoms with E-state index in [1.807, 2.05) is 12.1 Å². The fraction of sp³-hybridized carbons (Fsp3) is 0.562. The number of hydrogen-bond acceptors (Lipinski definition) is 4. The highest BCUT2D eigenvalue weighted by molar-refractivity contribution is 9.10. The zero-order valence-corrected chi connectivity index (χ0v) is 14.3. The van der Waals surface area contributed by atoms with E-state index < -0.39 is 12.0 Å². The van der Waals surface area contributed by atoms with Crippen molar-refractivity contribution in [2.75, 3.05) is 13.2 Å². The number of carboxylic acids is 1. The van der Waals surface area contributed by atoms with Crippen LogP contribution in [0.25, 0.3) is 0 Å². The first-order valence-electron chi connectivity index (χ1n) is 7.66. The highest BCUT2D eigenvalue weighted by Crippen LogP contribution is 2.38. The molecule has 0 radical (unpaired) electrons. The fourth-order valence-corrected chi connectivity index (χ4v) is 2.95. The molecule has 1 atom stereocenters. The molecule has 2 rings (SSSR count). The Morgan fingerprint density at radius 1 is 1.41 bits per heavy atom. The van der Waals surface area contributed by atoms with E-state index in [1.165, 1.54) is 0 Å². The van der Waals surface area contributed by atoms with Gasteiger partial charge in [-0.2, -0.15) is 0 Å². The Morgan fingerprint density at radius 2 is 2.18 bits per heavy atom. The Balaban J connectivity index is 2.04. The molecule has 0 unspecified atom stereocenters. The van der Waals surface area contributed by atoms with Gasteiger partial charge in [-0.05, 0) is 40.0 Å². The summed E-state index contributed by atoms with van der Waals surface area (Å²) in [6, 6.07) is 3.34. The maximum atomic E-state index is 11.3. The molecule has 0 saturated heterocycles. The van der Waals surface area contributed by atoms with E-state index in [-0.39, 0.29) is 0 Å². The van der Waals surface area contributed by atoms with Crippen molar-refractivity contribution in [2.45, 2.75) is 45.2 Å². The zero-order chi connectivity index (χ0) is 15.9. The monoisotopic (exact) mass is 371 g/mol. The van der Waals surface area contributed by atoms with Crippen molar-refractivity contribution in [1.82, 2.24) is 5.32 Å². The molecular formula is C16H22BrNO4. The van der Waals surface area contributed by atoms with Crippen LogP contribution in [0.4, 0.5) is 0 Å². The first kappa shape index (κ1) is 17.1. The largest absolute Gasteiger partial charge is 0.490 e. The maximum absolute atomic E-state index is 11.3. The lowest BCUT2D eigenvalue weighted by molar-refractivity contribution is -0.139. The highest BCUT2D eigenvalue weighted by Gasteiger charge is 2.18. The summed E-state index contributed by atoms with van der Waals surface area (Å²) in [4.78, 5) is 11.3. The molecule has 122 valence electrons. The molecule has 0 amide bonds. The third-order valence-electron chi connectivity index (χ3n) is 3.56. The predicted molar refractivity (Wildman–Crippen MR) is 87.5 cm³/mol. The molecule has 1 aliphatic rings. The van der Waals surface area contributed by atoms with Crippen LogP contribution in [-0.2, 0) is 11.3 Å². The van der Waals surface area contributed by atoms with Crippen LogP contribution in [0.3, 0.4) is 0 Å². The summed E-state index contributed by atoms with van der Waals surface area (Å²) in [5.74, 6) is 0.632. The summed E-state index contributed by atoms with van der Waals surface area (Å²) < 4.78 is 12.2. The average molecular weight is 372 g/mol. The number of carboxylic acid groups (broad SMARTS) is 1. The van der Waals surface area contributed by atoms with Gasteiger partial charge in [-0.3, -0.25) is 4.79 Å². The van der Waals surface area contributed by atoms with Crippen molar-refractivity contribution in [3.05, 3.63) is 22.2 Å². The number of halogens is 1. The van der Waals surface area contributed by atoms with Gasteiger partial charge in [0, 0.05) is 13.0 Å². The Kier molecular flexibility index (Phi) is 6.51. The molecular weight excluding hydrogens is 350 g/mol. The summed E-state index contributed by atoms with van der Waals surface area (Å²) in [6.45, 7) is 3.81. The van der Waals surface area contributed by atoms with Crippen LogP contribution in [0.15, 0.2) is 16.6 Å². The van der Waals surface area contributed by atoms with Crippen LogP contribution < -0.4 is 14.8 Å². The third kappa shape index (κ3) is 4.61. The molecule has 22 heavy (non-hydrogen) atoms. The number of unbranched alkanes of at least 4 members (excludes halogenated alkanes) is 1. The smallest absolute Gasteiger partial charge is 0.320 e. The zero-order valence-electron chi connectivity index (χ0n) is 12.7. The standard InChI is InChI=1S/C16H22BrNO4/c1-2-3-5-13(16(19)20)18-10-11-8-12(17)15-14(9-11)21-6-4-7-22-15/h8-9,13,18H,2-7,10H2,1H3,(H,19,20)/t13-/m0/s1. The van der Waals surface area contributed by atoms with Crippen LogP contribution in [-0.4, -0.2) is 30.3 Å². The molecule has 0 bridgehead atoms. The van der Waals surface area contributed by atoms with E-state index >= 15 is 0 Å². The van der Waals surface area contributed by atoms with Gasteiger partial charge in [0.05, 0.1) is 17.7 Å². The second-order valence-electron chi connectivity index (χ2n) is 5.37. The Hall–Kier alpha value is -1.27. The summed E-state index contributed by atoms with van der Waals surface area (Å²) in [7, 11) is 0. The molecule has 0 spiro atoms. The molecule has 1 heterocycles. The second kappa shape index (κ2) is 8.39. The number of benzene rings is 1. The topological polar surface area (TPSA) is 67.8 Å². The Morgan fingerprint density at radius 3 is 2.91 bits per heavy atom. The third-order valence-corrected chi connectivity index (χ3v) is 4.15. The van der Waals surface area contributed by atoms with Gasteiger partial charge in [-0.15, -0.1) is 0 Å². The van der Waals surface area contributed by atoms with Gasteiger partial charge >= 0.3 is 5.97 Å². The van der Waals surface area contributed by atoms with Crippen molar-refractivity contribution in [3.8, 4) is 11.5 Å². The molecule has 0 fully saturated rings. The van der Waals surface area contributed by atoms with Gasteiger partial charge < -0.3 is 19.9 Å². The first-order chi connectivity index (χ1) is 10.6. The maximum Gasteiger partial charge on any atom is 0.320 e. The average Bonchev–Trinajstić information content (AvgIpc) is 2.72. The number of ether oxygens (including phenoxy) is 2. The molecule has 0 saturated carbocycles. The lowest BCUT2D eigenvalue weighted by Crippen LogP contribution is -2.36. The van der Waals surface area contributed by atoms with Gasteiger partial charge in [0.25, 0.3) is 0 Å². The van der Waals surface area contributed by atoms with Crippen molar-refractivity contribution >= 4 is 21.9 Å². The van der Waals surface area contributed by atoms with Crippen LogP contribution >= 0.6 is 15.9 Å². The summed E-state index contributed by atoms with van der Waals surface area (Å²) in [6.07, 6.45) is 3.38. The lowest BCUT2D eigenvalue weighted by Gasteiger charge is -2.16. The molecule has 2 N–H and O–H groups in total. The van der Waals surface area contributed by atoms with E-state index in [1.54, 1.807) is 0 Å². The number of rotatable bonds is 7. The van der Waals surface area contributed by atoms with Crippen LogP contribution in [0.2, 0.25) is 0 Å². The van der Waals surface area contributed by atoms with Crippen molar-refractivity contribution < 1.29 is 19.4 Å². The predicted octanol–water partition coefficient (Wildman–Crippen LogP) is 3.34. The quantitative estimate of drug-likeness (QED) is 0.769.